The maximum atomic E-state index is 12.5. The van der Waals surface area contributed by atoms with E-state index in [1.165, 1.54) is 11.3 Å². The van der Waals surface area contributed by atoms with E-state index in [4.69, 9.17) is 4.74 Å². The number of likely N-dealkylation sites (tertiary alicyclic amines) is 2. The SMILES string of the molecule is O=C(OCC(=O)N1CCCCCC1)C1CCCN1C(=O)c1cccs1. The second-order valence-corrected chi connectivity index (χ2v) is 7.48. The van der Waals surface area contributed by atoms with Crippen molar-refractivity contribution in [3.8, 4) is 0 Å². The van der Waals surface area contributed by atoms with Gasteiger partial charge in [-0.25, -0.2) is 4.79 Å². The lowest BCUT2D eigenvalue weighted by atomic mass is 10.2. The van der Waals surface area contributed by atoms with Crippen molar-refractivity contribution >= 4 is 29.1 Å². The van der Waals surface area contributed by atoms with Crippen LogP contribution in [0.1, 0.15) is 48.2 Å². The minimum Gasteiger partial charge on any atom is -0.454 e. The molecule has 2 aliphatic heterocycles. The fourth-order valence-corrected chi connectivity index (χ4v) is 4.12. The van der Waals surface area contributed by atoms with Gasteiger partial charge in [-0.3, -0.25) is 9.59 Å². The molecule has 0 spiro atoms. The van der Waals surface area contributed by atoms with Crippen molar-refractivity contribution in [2.75, 3.05) is 26.2 Å². The summed E-state index contributed by atoms with van der Waals surface area (Å²) in [5, 5.41) is 1.84. The van der Waals surface area contributed by atoms with E-state index in [1.807, 2.05) is 11.4 Å². The van der Waals surface area contributed by atoms with E-state index in [1.54, 1.807) is 15.9 Å². The first-order valence-electron chi connectivity index (χ1n) is 8.95. The van der Waals surface area contributed by atoms with Gasteiger partial charge < -0.3 is 14.5 Å². The van der Waals surface area contributed by atoms with Gasteiger partial charge in [-0.05, 0) is 37.1 Å². The molecule has 3 rings (SSSR count). The maximum absolute atomic E-state index is 12.5. The van der Waals surface area contributed by atoms with Crippen LogP contribution in [0.4, 0.5) is 0 Å². The van der Waals surface area contributed by atoms with Gasteiger partial charge in [0.2, 0.25) is 0 Å². The van der Waals surface area contributed by atoms with Gasteiger partial charge in [0.05, 0.1) is 4.88 Å². The quantitative estimate of drug-likeness (QED) is 0.769. The van der Waals surface area contributed by atoms with Crippen molar-refractivity contribution < 1.29 is 19.1 Å². The topological polar surface area (TPSA) is 66.9 Å². The maximum Gasteiger partial charge on any atom is 0.329 e. The Bertz CT molecular complexity index is 609. The number of hydrogen-bond acceptors (Lipinski definition) is 5. The van der Waals surface area contributed by atoms with Crippen molar-refractivity contribution in [1.82, 2.24) is 9.80 Å². The van der Waals surface area contributed by atoms with Crippen LogP contribution in [-0.4, -0.2) is 59.9 Å². The minimum absolute atomic E-state index is 0.131. The number of hydrogen-bond donors (Lipinski definition) is 0. The van der Waals surface area contributed by atoms with Crippen LogP contribution in [0, 0.1) is 0 Å². The number of nitrogens with zero attached hydrogens (tertiary/aromatic N) is 2. The predicted molar refractivity (Wildman–Crippen MR) is 94.4 cm³/mol. The van der Waals surface area contributed by atoms with Crippen molar-refractivity contribution in [1.29, 1.82) is 0 Å². The lowest BCUT2D eigenvalue weighted by Gasteiger charge is -2.24. The van der Waals surface area contributed by atoms with Crippen molar-refractivity contribution in [3.63, 3.8) is 0 Å². The van der Waals surface area contributed by atoms with Gasteiger partial charge in [-0.2, -0.15) is 0 Å². The molecule has 25 heavy (non-hydrogen) atoms. The summed E-state index contributed by atoms with van der Waals surface area (Å²) in [4.78, 5) is 41.1. The second-order valence-electron chi connectivity index (χ2n) is 6.54. The van der Waals surface area contributed by atoms with Crippen molar-refractivity contribution in [2.45, 2.75) is 44.6 Å². The van der Waals surface area contributed by atoms with Gasteiger partial charge >= 0.3 is 5.97 Å². The number of rotatable bonds is 4. The third kappa shape index (κ3) is 4.39. The normalized spacial score (nSPS) is 21.0. The van der Waals surface area contributed by atoms with Crippen molar-refractivity contribution in [2.24, 2.45) is 0 Å². The highest BCUT2D eigenvalue weighted by Crippen LogP contribution is 2.23. The van der Waals surface area contributed by atoms with Gasteiger partial charge in [0.1, 0.15) is 6.04 Å². The zero-order valence-corrected chi connectivity index (χ0v) is 15.1. The average molecular weight is 364 g/mol. The molecule has 3 heterocycles. The fraction of sp³-hybridized carbons (Fsp3) is 0.611. The summed E-state index contributed by atoms with van der Waals surface area (Å²) in [6.07, 6.45) is 5.67. The molecule has 2 aliphatic rings. The zero-order valence-electron chi connectivity index (χ0n) is 14.3. The number of carbonyl (C=O) groups excluding carboxylic acids is 3. The molecule has 2 amide bonds. The summed E-state index contributed by atoms with van der Waals surface area (Å²) >= 11 is 1.37. The third-order valence-electron chi connectivity index (χ3n) is 4.81. The van der Waals surface area contributed by atoms with Crippen LogP contribution in [0.2, 0.25) is 0 Å². The Morgan fingerprint density at radius 3 is 2.52 bits per heavy atom. The summed E-state index contributed by atoms with van der Waals surface area (Å²) in [7, 11) is 0. The molecule has 0 aliphatic carbocycles. The first-order valence-corrected chi connectivity index (χ1v) is 9.83. The molecule has 0 N–H and O–H groups in total. The summed E-state index contributed by atoms with van der Waals surface area (Å²) in [5.74, 6) is -0.733. The van der Waals surface area contributed by atoms with Gasteiger partial charge in [0, 0.05) is 19.6 Å². The highest BCUT2D eigenvalue weighted by molar-refractivity contribution is 7.12. The van der Waals surface area contributed by atoms with E-state index in [2.05, 4.69) is 0 Å². The molecule has 0 saturated carbocycles. The Kier molecular flexibility index (Phi) is 6.07. The van der Waals surface area contributed by atoms with Crippen LogP contribution in [-0.2, 0) is 14.3 Å². The molecule has 6 nitrogen and oxygen atoms in total. The Balaban J connectivity index is 1.53. The molecule has 7 heteroatoms. The van der Waals surface area contributed by atoms with Gasteiger partial charge in [-0.15, -0.1) is 11.3 Å². The first-order chi connectivity index (χ1) is 12.2. The van der Waals surface area contributed by atoms with E-state index in [0.29, 0.717) is 17.8 Å². The Hall–Kier alpha value is -1.89. The molecule has 2 saturated heterocycles. The molecule has 0 aromatic carbocycles. The predicted octanol–water partition coefficient (Wildman–Crippen LogP) is 2.30. The van der Waals surface area contributed by atoms with Crippen LogP contribution < -0.4 is 0 Å². The van der Waals surface area contributed by atoms with Crippen LogP contribution in [0.25, 0.3) is 0 Å². The molecular weight excluding hydrogens is 340 g/mol. The average Bonchev–Trinajstić information content (AvgIpc) is 3.26. The Labute approximate surface area is 151 Å². The molecule has 1 aromatic heterocycles. The van der Waals surface area contributed by atoms with E-state index in [0.717, 1.165) is 45.2 Å². The lowest BCUT2D eigenvalue weighted by Crippen LogP contribution is -2.42. The number of esters is 1. The highest BCUT2D eigenvalue weighted by atomic mass is 32.1. The number of ether oxygens (including phenoxy) is 1. The fourth-order valence-electron chi connectivity index (χ4n) is 3.44. The van der Waals surface area contributed by atoms with E-state index < -0.39 is 12.0 Å². The van der Waals surface area contributed by atoms with E-state index in [-0.39, 0.29) is 18.4 Å². The monoisotopic (exact) mass is 364 g/mol. The molecule has 2 fully saturated rings. The summed E-state index contributed by atoms with van der Waals surface area (Å²) in [6.45, 7) is 1.80. The van der Waals surface area contributed by atoms with Crippen LogP contribution in [0.3, 0.4) is 0 Å². The van der Waals surface area contributed by atoms with Gasteiger partial charge in [-0.1, -0.05) is 18.9 Å². The third-order valence-corrected chi connectivity index (χ3v) is 5.67. The second kappa shape index (κ2) is 8.47. The van der Waals surface area contributed by atoms with E-state index >= 15 is 0 Å². The lowest BCUT2D eigenvalue weighted by molar-refractivity contribution is -0.155. The first kappa shape index (κ1) is 17.9. The van der Waals surface area contributed by atoms with E-state index in [9.17, 15) is 14.4 Å². The molecule has 1 atom stereocenters. The molecule has 136 valence electrons. The molecule has 1 aromatic rings. The number of thiophene rings is 1. The number of carbonyl (C=O) groups is 3. The molecular formula is C18H24N2O4S. The molecule has 0 radical (unpaired) electrons. The summed E-state index contributed by atoms with van der Waals surface area (Å²) < 4.78 is 5.26. The highest BCUT2D eigenvalue weighted by Gasteiger charge is 2.36. The Morgan fingerprint density at radius 2 is 1.84 bits per heavy atom. The minimum atomic E-state index is -0.577. The van der Waals surface area contributed by atoms with Crippen molar-refractivity contribution in [3.05, 3.63) is 22.4 Å². The summed E-state index contributed by atoms with van der Waals surface area (Å²) in [6, 6.07) is 3.00. The van der Waals surface area contributed by atoms with Crippen LogP contribution in [0.5, 0.6) is 0 Å². The van der Waals surface area contributed by atoms with Crippen LogP contribution >= 0.6 is 11.3 Å². The largest absolute Gasteiger partial charge is 0.454 e. The number of amides is 2. The standard InChI is InChI=1S/C18H24N2O4S/c21-16(19-9-3-1-2-4-10-19)13-24-18(23)14-7-5-11-20(14)17(22)15-8-6-12-25-15/h6,8,12,14H,1-5,7,9-11,13H2. The molecule has 0 bridgehead atoms. The van der Waals surface area contributed by atoms with Crippen LogP contribution in [0.15, 0.2) is 17.5 Å². The van der Waals surface area contributed by atoms with Gasteiger partial charge in [0.15, 0.2) is 6.61 Å². The molecule has 1 unspecified atom stereocenters. The Morgan fingerprint density at radius 1 is 1.08 bits per heavy atom. The summed E-state index contributed by atoms with van der Waals surface area (Å²) in [5.41, 5.74) is 0. The zero-order chi connectivity index (χ0) is 17.6. The van der Waals surface area contributed by atoms with Gasteiger partial charge in [0.25, 0.3) is 11.8 Å². The smallest absolute Gasteiger partial charge is 0.329 e.